The van der Waals surface area contributed by atoms with Crippen LogP contribution in [0.4, 0.5) is 4.39 Å². The van der Waals surface area contributed by atoms with Crippen molar-refractivity contribution in [3.8, 4) is 0 Å². The Bertz CT molecular complexity index is 670. The van der Waals surface area contributed by atoms with Crippen molar-refractivity contribution in [1.29, 1.82) is 0 Å². The van der Waals surface area contributed by atoms with Crippen LogP contribution in [0.1, 0.15) is 32.3 Å². The van der Waals surface area contributed by atoms with Crippen molar-refractivity contribution in [1.82, 2.24) is 4.90 Å². The van der Waals surface area contributed by atoms with Crippen molar-refractivity contribution in [3.05, 3.63) is 34.6 Å². The summed E-state index contributed by atoms with van der Waals surface area (Å²) in [6.07, 6.45) is 0.681. The molecule has 0 N–H and O–H groups in total. The van der Waals surface area contributed by atoms with Gasteiger partial charge in [-0.15, -0.1) is 0 Å². The van der Waals surface area contributed by atoms with Crippen LogP contribution < -0.4 is 0 Å². The van der Waals surface area contributed by atoms with Crippen LogP contribution in [0.2, 0.25) is 5.02 Å². The summed E-state index contributed by atoms with van der Waals surface area (Å²) in [5.74, 6) is -0.516. The van der Waals surface area contributed by atoms with E-state index in [-0.39, 0.29) is 40.5 Å². The van der Waals surface area contributed by atoms with E-state index in [2.05, 4.69) is 0 Å². The zero-order chi connectivity index (χ0) is 17.2. The summed E-state index contributed by atoms with van der Waals surface area (Å²) in [7, 11) is -3.14. The molecule has 0 spiro atoms. The van der Waals surface area contributed by atoms with E-state index in [1.54, 1.807) is 6.07 Å². The van der Waals surface area contributed by atoms with Crippen molar-refractivity contribution < 1.29 is 17.6 Å². The highest BCUT2D eigenvalue weighted by atomic mass is 35.5. The minimum atomic E-state index is -3.14. The largest absolute Gasteiger partial charge is 0.334 e. The Morgan fingerprint density at radius 1 is 1.43 bits per heavy atom. The first-order chi connectivity index (χ1) is 10.7. The third-order valence-corrected chi connectivity index (χ3v) is 6.05. The van der Waals surface area contributed by atoms with Crippen LogP contribution in [0.25, 0.3) is 0 Å². The van der Waals surface area contributed by atoms with E-state index in [9.17, 15) is 17.6 Å². The molecule has 1 aromatic rings. The highest BCUT2D eigenvalue weighted by molar-refractivity contribution is 7.91. The number of benzene rings is 1. The standard InChI is InChI=1S/C16H21ClFNO3S/c1-11(2)8-16(20)19(12-6-7-23(21,22)10-12)9-13-14(17)4-3-5-15(13)18/h3-5,11-12H,6-10H2,1-2H3. The topological polar surface area (TPSA) is 54.5 Å². The van der Waals surface area contributed by atoms with Crippen molar-refractivity contribution in [2.75, 3.05) is 11.5 Å². The second-order valence-corrected chi connectivity index (χ2v) is 9.01. The number of sulfone groups is 1. The number of amides is 1. The first-order valence-corrected chi connectivity index (χ1v) is 9.82. The van der Waals surface area contributed by atoms with Crippen molar-refractivity contribution in [2.24, 2.45) is 5.92 Å². The number of carbonyl (C=O) groups excluding carboxylic acids is 1. The Labute approximate surface area is 141 Å². The lowest BCUT2D eigenvalue weighted by Crippen LogP contribution is -2.41. The van der Waals surface area contributed by atoms with Gasteiger partial charge in [0, 0.05) is 23.0 Å². The van der Waals surface area contributed by atoms with E-state index >= 15 is 0 Å². The molecule has 2 rings (SSSR count). The molecule has 0 aliphatic carbocycles. The predicted octanol–water partition coefficient (Wildman–Crippen LogP) is 3.04. The third-order valence-electron chi connectivity index (χ3n) is 3.94. The van der Waals surface area contributed by atoms with Gasteiger partial charge in [0.05, 0.1) is 18.1 Å². The van der Waals surface area contributed by atoms with Gasteiger partial charge >= 0.3 is 0 Å². The molecular formula is C16H21ClFNO3S. The summed E-state index contributed by atoms with van der Waals surface area (Å²) in [6, 6.07) is 3.94. The molecule has 7 heteroatoms. The second kappa shape index (κ2) is 7.18. The molecule has 0 bridgehead atoms. The average Bonchev–Trinajstić information content (AvgIpc) is 2.77. The fourth-order valence-electron chi connectivity index (χ4n) is 2.76. The van der Waals surface area contributed by atoms with Crippen molar-refractivity contribution in [2.45, 2.75) is 39.3 Å². The Kier molecular flexibility index (Phi) is 5.68. The van der Waals surface area contributed by atoms with Gasteiger partial charge in [0.1, 0.15) is 5.82 Å². The van der Waals surface area contributed by atoms with Crippen LogP contribution in [0.5, 0.6) is 0 Å². The molecule has 1 aliphatic heterocycles. The predicted molar refractivity (Wildman–Crippen MR) is 88.5 cm³/mol. The van der Waals surface area contributed by atoms with Crippen LogP contribution in [0.3, 0.4) is 0 Å². The molecule has 0 aromatic heterocycles. The number of carbonyl (C=O) groups is 1. The van der Waals surface area contributed by atoms with Crippen LogP contribution in [0, 0.1) is 11.7 Å². The van der Waals surface area contributed by atoms with Gasteiger partial charge in [0.2, 0.25) is 5.91 Å². The monoisotopic (exact) mass is 361 g/mol. The summed E-state index contributed by atoms with van der Waals surface area (Å²) in [4.78, 5) is 14.0. The highest BCUT2D eigenvalue weighted by Crippen LogP contribution is 2.26. The molecule has 128 valence electrons. The van der Waals surface area contributed by atoms with Gasteiger partial charge in [-0.2, -0.15) is 0 Å². The van der Waals surface area contributed by atoms with E-state index in [1.807, 2.05) is 13.8 Å². The Morgan fingerprint density at radius 2 is 2.13 bits per heavy atom. The summed E-state index contributed by atoms with van der Waals surface area (Å²) in [5.41, 5.74) is 0.232. The van der Waals surface area contributed by atoms with Crippen LogP contribution in [0.15, 0.2) is 18.2 Å². The minimum Gasteiger partial charge on any atom is -0.334 e. The summed E-state index contributed by atoms with van der Waals surface area (Å²) in [6.45, 7) is 3.83. The Morgan fingerprint density at radius 3 is 2.65 bits per heavy atom. The molecule has 0 saturated carbocycles. The van der Waals surface area contributed by atoms with Gasteiger partial charge in [-0.05, 0) is 24.5 Å². The summed E-state index contributed by atoms with van der Waals surface area (Å²) < 4.78 is 37.5. The molecule has 1 atom stereocenters. The summed E-state index contributed by atoms with van der Waals surface area (Å²) >= 11 is 6.05. The fraction of sp³-hybridized carbons (Fsp3) is 0.562. The molecule has 1 heterocycles. The molecule has 1 aromatic carbocycles. The van der Waals surface area contributed by atoms with Crippen molar-refractivity contribution >= 4 is 27.3 Å². The lowest BCUT2D eigenvalue weighted by Gasteiger charge is -2.29. The molecule has 1 amide bonds. The number of nitrogens with zero attached hydrogens (tertiary/aromatic N) is 1. The van der Waals surface area contributed by atoms with Crippen LogP contribution in [-0.2, 0) is 21.2 Å². The van der Waals surface area contributed by atoms with Crippen molar-refractivity contribution in [3.63, 3.8) is 0 Å². The third kappa shape index (κ3) is 4.67. The zero-order valence-corrected chi connectivity index (χ0v) is 14.8. The summed E-state index contributed by atoms with van der Waals surface area (Å²) in [5, 5.41) is 0.244. The molecule has 0 radical (unpaired) electrons. The second-order valence-electron chi connectivity index (χ2n) is 6.38. The van der Waals surface area contributed by atoms with E-state index in [0.29, 0.717) is 12.8 Å². The Hall–Kier alpha value is -1.14. The van der Waals surface area contributed by atoms with Gasteiger partial charge in [-0.1, -0.05) is 31.5 Å². The quantitative estimate of drug-likeness (QED) is 0.810. The molecule has 4 nitrogen and oxygen atoms in total. The SMILES string of the molecule is CC(C)CC(=O)N(Cc1c(F)cccc1Cl)C1CCS(=O)(=O)C1. The van der Waals surface area contributed by atoms with E-state index in [4.69, 9.17) is 11.6 Å². The number of halogens is 2. The highest BCUT2D eigenvalue weighted by Gasteiger charge is 2.35. The molecule has 1 aliphatic rings. The molecular weight excluding hydrogens is 341 g/mol. The first-order valence-electron chi connectivity index (χ1n) is 7.62. The molecule has 1 fully saturated rings. The number of rotatable bonds is 5. The maximum Gasteiger partial charge on any atom is 0.223 e. The lowest BCUT2D eigenvalue weighted by atomic mass is 10.1. The van der Waals surface area contributed by atoms with Crippen LogP contribution >= 0.6 is 11.6 Å². The smallest absolute Gasteiger partial charge is 0.223 e. The maximum absolute atomic E-state index is 14.0. The number of hydrogen-bond donors (Lipinski definition) is 0. The molecule has 1 unspecified atom stereocenters. The van der Waals surface area contributed by atoms with E-state index in [0.717, 1.165) is 0 Å². The average molecular weight is 362 g/mol. The van der Waals surface area contributed by atoms with Gasteiger partial charge in [0.25, 0.3) is 0 Å². The maximum atomic E-state index is 14.0. The van der Waals surface area contributed by atoms with E-state index in [1.165, 1.54) is 17.0 Å². The van der Waals surface area contributed by atoms with Gasteiger partial charge in [-0.25, -0.2) is 12.8 Å². The fourth-order valence-corrected chi connectivity index (χ4v) is 4.72. The van der Waals surface area contributed by atoms with Gasteiger partial charge in [-0.3, -0.25) is 4.79 Å². The minimum absolute atomic E-state index is 0.00273. The number of hydrogen-bond acceptors (Lipinski definition) is 3. The first kappa shape index (κ1) is 18.2. The lowest BCUT2D eigenvalue weighted by molar-refractivity contribution is -0.134. The molecule has 23 heavy (non-hydrogen) atoms. The van der Waals surface area contributed by atoms with Gasteiger partial charge in [0.15, 0.2) is 9.84 Å². The zero-order valence-electron chi connectivity index (χ0n) is 13.3. The Balaban J connectivity index is 2.28. The van der Waals surface area contributed by atoms with E-state index < -0.39 is 21.7 Å². The normalized spacial score (nSPS) is 20.0. The van der Waals surface area contributed by atoms with Gasteiger partial charge < -0.3 is 4.90 Å². The molecule has 1 saturated heterocycles. The van der Waals surface area contributed by atoms with Crippen LogP contribution in [-0.4, -0.2) is 36.8 Å².